The Morgan fingerprint density at radius 1 is 0.962 bits per heavy atom. The first kappa shape index (κ1) is 18.0. The van der Waals surface area contributed by atoms with Crippen molar-refractivity contribution in [1.82, 2.24) is 4.90 Å². The number of nitrogens with zero attached hydrogens (tertiary/aromatic N) is 2. The lowest BCUT2D eigenvalue weighted by Crippen LogP contribution is -2.57. The van der Waals surface area contributed by atoms with Crippen LogP contribution in [0.2, 0.25) is 0 Å². The van der Waals surface area contributed by atoms with Crippen LogP contribution < -0.4 is 4.90 Å². The molecule has 1 saturated carbocycles. The zero-order chi connectivity index (χ0) is 18.1. The minimum Gasteiger partial charge on any atom is -0.358 e. The number of ketones is 1. The Hall–Kier alpha value is -1.35. The van der Waals surface area contributed by atoms with Crippen LogP contribution in [0.15, 0.2) is 30.3 Å². The van der Waals surface area contributed by atoms with Gasteiger partial charge in [-0.25, -0.2) is 0 Å². The molecule has 0 N–H and O–H groups in total. The number of benzene rings is 1. The third-order valence-corrected chi connectivity index (χ3v) is 7.49. The van der Waals surface area contributed by atoms with Crippen molar-refractivity contribution in [2.75, 3.05) is 24.5 Å². The maximum absolute atomic E-state index is 12.9. The number of para-hydroxylation sites is 1. The Kier molecular flexibility index (Phi) is 5.09. The van der Waals surface area contributed by atoms with Crippen LogP contribution in [-0.2, 0) is 4.79 Å². The fourth-order valence-corrected chi connectivity index (χ4v) is 5.74. The molecular formula is C23H34N2O. The maximum atomic E-state index is 12.9. The summed E-state index contributed by atoms with van der Waals surface area (Å²) in [5.74, 6) is 2.23. The summed E-state index contributed by atoms with van der Waals surface area (Å²) in [7, 11) is 0. The van der Waals surface area contributed by atoms with E-state index in [1.165, 1.54) is 31.4 Å². The van der Waals surface area contributed by atoms with Crippen molar-refractivity contribution >= 4 is 11.5 Å². The van der Waals surface area contributed by atoms with E-state index >= 15 is 0 Å². The summed E-state index contributed by atoms with van der Waals surface area (Å²) >= 11 is 0. The molecule has 2 saturated heterocycles. The summed E-state index contributed by atoms with van der Waals surface area (Å²) in [6.07, 6.45) is 8.21. The standard InChI is InChI=1S/C23H34N2O/c1-18(2)19-8-10-20(11-9-19)24-16-13-23(14-17-24)22(26)12-15-25(23)21-6-4-3-5-7-21/h3-7,18-20H,8-17H2,1-2H3. The first-order chi connectivity index (χ1) is 12.6. The molecule has 3 heteroatoms. The topological polar surface area (TPSA) is 23.6 Å². The van der Waals surface area contributed by atoms with Crippen LogP contribution in [0, 0.1) is 11.8 Å². The Bertz CT molecular complexity index is 610. The normalized spacial score (nSPS) is 29.7. The highest BCUT2D eigenvalue weighted by Gasteiger charge is 2.50. The lowest BCUT2D eigenvalue weighted by molar-refractivity contribution is -0.123. The highest BCUT2D eigenvalue weighted by Crippen LogP contribution is 2.41. The number of carbonyl (C=O) groups is 1. The molecular weight excluding hydrogens is 320 g/mol. The van der Waals surface area contributed by atoms with Gasteiger partial charge >= 0.3 is 0 Å². The average Bonchev–Trinajstić information content (AvgIpc) is 2.99. The Labute approximate surface area is 158 Å². The van der Waals surface area contributed by atoms with Crippen molar-refractivity contribution in [2.45, 2.75) is 70.4 Å². The van der Waals surface area contributed by atoms with E-state index in [-0.39, 0.29) is 5.54 Å². The van der Waals surface area contributed by atoms with Crippen LogP contribution in [0.1, 0.15) is 58.8 Å². The zero-order valence-corrected chi connectivity index (χ0v) is 16.5. The fourth-order valence-electron chi connectivity index (χ4n) is 5.74. The third kappa shape index (κ3) is 3.19. The molecule has 2 aliphatic heterocycles. The van der Waals surface area contributed by atoms with Crippen molar-refractivity contribution in [3.8, 4) is 0 Å². The lowest BCUT2D eigenvalue weighted by atomic mass is 9.77. The zero-order valence-electron chi connectivity index (χ0n) is 16.5. The Balaban J connectivity index is 1.41. The van der Waals surface area contributed by atoms with Gasteiger partial charge in [0.15, 0.2) is 5.78 Å². The second-order valence-electron chi connectivity index (χ2n) is 9.04. The van der Waals surface area contributed by atoms with Gasteiger partial charge in [0, 0.05) is 37.8 Å². The Morgan fingerprint density at radius 2 is 1.62 bits per heavy atom. The quantitative estimate of drug-likeness (QED) is 0.797. The minimum atomic E-state index is -0.229. The van der Waals surface area contributed by atoms with Gasteiger partial charge < -0.3 is 9.80 Å². The minimum absolute atomic E-state index is 0.229. The van der Waals surface area contributed by atoms with Gasteiger partial charge in [-0.1, -0.05) is 32.0 Å². The molecule has 1 aromatic rings. The van der Waals surface area contributed by atoms with E-state index in [1.807, 2.05) is 0 Å². The molecule has 0 radical (unpaired) electrons. The molecule has 3 aliphatic rings. The van der Waals surface area contributed by atoms with Crippen LogP contribution in [-0.4, -0.2) is 41.9 Å². The monoisotopic (exact) mass is 354 g/mol. The van der Waals surface area contributed by atoms with Crippen LogP contribution in [0.25, 0.3) is 0 Å². The van der Waals surface area contributed by atoms with Gasteiger partial charge in [-0.05, 0) is 62.5 Å². The van der Waals surface area contributed by atoms with E-state index in [1.54, 1.807) is 0 Å². The molecule has 0 bridgehead atoms. The summed E-state index contributed by atoms with van der Waals surface area (Å²) in [6.45, 7) is 7.82. The van der Waals surface area contributed by atoms with Crippen LogP contribution >= 0.6 is 0 Å². The van der Waals surface area contributed by atoms with E-state index in [2.05, 4.69) is 54.0 Å². The van der Waals surface area contributed by atoms with Gasteiger partial charge in [0.1, 0.15) is 5.54 Å². The molecule has 0 atom stereocenters. The molecule has 26 heavy (non-hydrogen) atoms. The van der Waals surface area contributed by atoms with E-state index in [0.717, 1.165) is 50.4 Å². The predicted molar refractivity (Wildman–Crippen MR) is 108 cm³/mol. The van der Waals surface area contributed by atoms with Gasteiger partial charge in [0.05, 0.1) is 0 Å². The largest absolute Gasteiger partial charge is 0.358 e. The summed E-state index contributed by atoms with van der Waals surface area (Å²) in [5, 5.41) is 0. The van der Waals surface area contributed by atoms with Crippen molar-refractivity contribution in [3.05, 3.63) is 30.3 Å². The van der Waals surface area contributed by atoms with Gasteiger partial charge in [-0.2, -0.15) is 0 Å². The van der Waals surface area contributed by atoms with Gasteiger partial charge in [0.25, 0.3) is 0 Å². The second kappa shape index (κ2) is 7.34. The maximum Gasteiger partial charge on any atom is 0.160 e. The average molecular weight is 355 g/mol. The molecule has 0 unspecified atom stereocenters. The molecule has 0 amide bonds. The molecule has 1 aliphatic carbocycles. The number of Topliss-reactive ketones (excluding diaryl/α,β-unsaturated/α-hetero) is 1. The number of anilines is 1. The van der Waals surface area contributed by atoms with Crippen LogP contribution in [0.3, 0.4) is 0 Å². The number of piperidine rings is 1. The highest BCUT2D eigenvalue weighted by molar-refractivity contribution is 5.95. The number of carbonyl (C=O) groups excluding carboxylic acids is 1. The van der Waals surface area contributed by atoms with E-state index in [4.69, 9.17) is 0 Å². The van der Waals surface area contributed by atoms with Gasteiger partial charge in [0.2, 0.25) is 0 Å². The molecule has 0 aromatic heterocycles. The molecule has 1 aromatic carbocycles. The van der Waals surface area contributed by atoms with E-state index in [0.29, 0.717) is 12.2 Å². The summed E-state index contributed by atoms with van der Waals surface area (Å²) < 4.78 is 0. The van der Waals surface area contributed by atoms with Crippen LogP contribution in [0.5, 0.6) is 0 Å². The number of rotatable bonds is 3. The smallest absolute Gasteiger partial charge is 0.160 e. The molecule has 4 rings (SSSR count). The van der Waals surface area contributed by atoms with Crippen LogP contribution in [0.4, 0.5) is 5.69 Å². The summed E-state index contributed by atoms with van der Waals surface area (Å²) in [5.41, 5.74) is 0.997. The molecule has 2 heterocycles. The van der Waals surface area contributed by atoms with E-state index < -0.39 is 0 Å². The predicted octanol–water partition coefficient (Wildman–Crippen LogP) is 4.52. The van der Waals surface area contributed by atoms with Crippen molar-refractivity contribution < 1.29 is 4.79 Å². The molecule has 1 spiro atoms. The van der Waals surface area contributed by atoms with Crippen molar-refractivity contribution in [3.63, 3.8) is 0 Å². The lowest BCUT2D eigenvalue weighted by Gasteiger charge is -2.48. The van der Waals surface area contributed by atoms with Crippen molar-refractivity contribution in [2.24, 2.45) is 11.8 Å². The SMILES string of the molecule is CC(C)C1CCC(N2CCC3(CC2)C(=O)CCN3c2ccccc2)CC1. The molecule has 142 valence electrons. The Morgan fingerprint density at radius 3 is 2.23 bits per heavy atom. The third-order valence-electron chi connectivity index (χ3n) is 7.49. The summed E-state index contributed by atoms with van der Waals surface area (Å²) in [4.78, 5) is 18.0. The number of hydrogen-bond acceptors (Lipinski definition) is 3. The van der Waals surface area contributed by atoms with Gasteiger partial charge in [-0.3, -0.25) is 4.79 Å². The first-order valence-corrected chi connectivity index (χ1v) is 10.7. The van der Waals surface area contributed by atoms with E-state index in [9.17, 15) is 4.79 Å². The molecule has 3 nitrogen and oxygen atoms in total. The fraction of sp³-hybridized carbons (Fsp3) is 0.696. The highest BCUT2D eigenvalue weighted by atomic mass is 16.1. The molecule has 3 fully saturated rings. The summed E-state index contributed by atoms with van der Waals surface area (Å²) in [6, 6.07) is 11.3. The van der Waals surface area contributed by atoms with Gasteiger partial charge in [-0.15, -0.1) is 0 Å². The number of likely N-dealkylation sites (tertiary alicyclic amines) is 1. The first-order valence-electron chi connectivity index (χ1n) is 10.7. The second-order valence-corrected chi connectivity index (χ2v) is 9.04. The number of hydrogen-bond donors (Lipinski definition) is 0. The van der Waals surface area contributed by atoms with Crippen molar-refractivity contribution in [1.29, 1.82) is 0 Å².